The minimum absolute atomic E-state index is 0.240. The van der Waals surface area contributed by atoms with Crippen LogP contribution in [0.25, 0.3) is 10.9 Å². The number of amides is 1. The van der Waals surface area contributed by atoms with Gasteiger partial charge in [-0.05, 0) is 45.0 Å². The average Bonchev–Trinajstić information content (AvgIpc) is 2.59. The van der Waals surface area contributed by atoms with Crippen molar-refractivity contribution in [2.45, 2.75) is 26.4 Å². The fourth-order valence-electron chi connectivity index (χ4n) is 2.99. The number of nitrogens with zero attached hydrogens (tertiary/aromatic N) is 3. The molecule has 1 aliphatic heterocycles. The first kappa shape index (κ1) is 18.0. The molecular weight excluding hydrogens is 334 g/mol. The Morgan fingerprint density at radius 2 is 1.81 bits per heavy atom. The summed E-state index contributed by atoms with van der Waals surface area (Å²) in [5, 5.41) is 9.99. The standard InChI is InChI=1S/C19H23N3O4/c1-19(2,3)26-18(25)22-10-8-21(9-11-22)13-4-5-16-15(12-13)14(17(23)24)6-7-20-16/h4-7,12H,8-11H2,1-3H3,(H,23,24). The van der Waals surface area contributed by atoms with Gasteiger partial charge in [-0.2, -0.15) is 0 Å². The summed E-state index contributed by atoms with van der Waals surface area (Å²) in [6.07, 6.45) is 1.21. The quantitative estimate of drug-likeness (QED) is 0.890. The highest BCUT2D eigenvalue weighted by molar-refractivity contribution is 6.03. The van der Waals surface area contributed by atoms with E-state index in [0.29, 0.717) is 37.1 Å². The Kier molecular flexibility index (Phi) is 4.71. The molecule has 1 aromatic heterocycles. The number of hydrogen-bond acceptors (Lipinski definition) is 5. The van der Waals surface area contributed by atoms with Crippen molar-refractivity contribution in [3.63, 3.8) is 0 Å². The Morgan fingerprint density at radius 3 is 2.42 bits per heavy atom. The summed E-state index contributed by atoms with van der Waals surface area (Å²) >= 11 is 0. The van der Waals surface area contributed by atoms with Gasteiger partial charge in [0.05, 0.1) is 11.1 Å². The van der Waals surface area contributed by atoms with Crippen LogP contribution in [0, 0.1) is 0 Å². The zero-order valence-corrected chi connectivity index (χ0v) is 15.2. The summed E-state index contributed by atoms with van der Waals surface area (Å²) in [6.45, 7) is 8.00. The van der Waals surface area contributed by atoms with Crippen LogP contribution >= 0.6 is 0 Å². The van der Waals surface area contributed by atoms with Crippen LogP contribution in [0.2, 0.25) is 0 Å². The minimum Gasteiger partial charge on any atom is -0.478 e. The number of fused-ring (bicyclic) bond motifs is 1. The molecule has 2 aromatic rings. The first-order valence-electron chi connectivity index (χ1n) is 8.59. The Labute approximate surface area is 152 Å². The van der Waals surface area contributed by atoms with Crippen LogP contribution in [-0.2, 0) is 4.74 Å². The number of benzene rings is 1. The molecule has 0 spiro atoms. The molecular formula is C19H23N3O4. The van der Waals surface area contributed by atoms with Gasteiger partial charge in [-0.25, -0.2) is 9.59 Å². The van der Waals surface area contributed by atoms with E-state index in [2.05, 4.69) is 9.88 Å². The topological polar surface area (TPSA) is 83.0 Å². The van der Waals surface area contributed by atoms with Crippen LogP contribution < -0.4 is 4.90 Å². The predicted octanol–water partition coefficient (Wildman–Crippen LogP) is 2.99. The van der Waals surface area contributed by atoms with E-state index >= 15 is 0 Å². The maximum Gasteiger partial charge on any atom is 0.410 e. The lowest BCUT2D eigenvalue weighted by Crippen LogP contribution is -2.50. The van der Waals surface area contributed by atoms with E-state index in [1.165, 1.54) is 12.3 Å². The summed E-state index contributed by atoms with van der Waals surface area (Å²) in [6, 6.07) is 7.13. The summed E-state index contributed by atoms with van der Waals surface area (Å²) < 4.78 is 5.41. The Bertz CT molecular complexity index is 836. The zero-order chi connectivity index (χ0) is 18.9. The number of anilines is 1. The van der Waals surface area contributed by atoms with Gasteiger partial charge in [0, 0.05) is 43.4 Å². The van der Waals surface area contributed by atoms with Gasteiger partial charge < -0.3 is 19.6 Å². The van der Waals surface area contributed by atoms with Gasteiger partial charge in [-0.1, -0.05) is 0 Å². The highest BCUT2D eigenvalue weighted by Crippen LogP contribution is 2.25. The molecule has 1 saturated heterocycles. The van der Waals surface area contributed by atoms with E-state index in [9.17, 15) is 14.7 Å². The van der Waals surface area contributed by atoms with E-state index in [4.69, 9.17) is 4.74 Å². The summed E-state index contributed by atoms with van der Waals surface area (Å²) in [5.41, 5.74) is 1.31. The third kappa shape index (κ3) is 3.87. The highest BCUT2D eigenvalue weighted by Gasteiger charge is 2.26. The van der Waals surface area contributed by atoms with Gasteiger partial charge in [0.2, 0.25) is 0 Å². The number of carbonyl (C=O) groups excluding carboxylic acids is 1. The fraction of sp³-hybridized carbons (Fsp3) is 0.421. The number of carboxylic acids is 1. The molecule has 0 bridgehead atoms. The lowest BCUT2D eigenvalue weighted by Gasteiger charge is -2.36. The lowest BCUT2D eigenvalue weighted by molar-refractivity contribution is 0.0240. The van der Waals surface area contributed by atoms with Crippen LogP contribution in [0.15, 0.2) is 30.5 Å². The van der Waals surface area contributed by atoms with Crippen molar-refractivity contribution in [1.82, 2.24) is 9.88 Å². The second-order valence-electron chi connectivity index (χ2n) is 7.32. The average molecular weight is 357 g/mol. The highest BCUT2D eigenvalue weighted by atomic mass is 16.6. The van der Waals surface area contributed by atoms with Crippen LogP contribution in [0.1, 0.15) is 31.1 Å². The molecule has 3 rings (SSSR count). The smallest absolute Gasteiger partial charge is 0.410 e. The number of hydrogen-bond donors (Lipinski definition) is 1. The fourth-order valence-corrected chi connectivity index (χ4v) is 2.99. The predicted molar refractivity (Wildman–Crippen MR) is 98.7 cm³/mol. The normalized spacial score (nSPS) is 15.2. The van der Waals surface area contributed by atoms with E-state index in [1.807, 2.05) is 39.0 Å². The number of aromatic nitrogens is 1. The lowest BCUT2D eigenvalue weighted by atomic mass is 10.1. The van der Waals surface area contributed by atoms with Crippen molar-refractivity contribution in [3.8, 4) is 0 Å². The largest absolute Gasteiger partial charge is 0.478 e. The van der Waals surface area contributed by atoms with Crippen molar-refractivity contribution in [3.05, 3.63) is 36.0 Å². The second kappa shape index (κ2) is 6.82. The summed E-state index contributed by atoms with van der Waals surface area (Å²) in [5.74, 6) is -0.968. The Balaban J connectivity index is 1.74. The van der Waals surface area contributed by atoms with Gasteiger partial charge in [-0.3, -0.25) is 4.98 Å². The van der Waals surface area contributed by atoms with E-state index in [-0.39, 0.29) is 11.7 Å². The third-order valence-corrected chi connectivity index (χ3v) is 4.25. The number of carbonyl (C=O) groups is 2. The molecule has 1 aliphatic rings. The molecule has 0 aliphatic carbocycles. The third-order valence-electron chi connectivity index (χ3n) is 4.25. The summed E-state index contributed by atoms with van der Waals surface area (Å²) in [7, 11) is 0. The molecule has 0 unspecified atom stereocenters. The SMILES string of the molecule is CC(C)(C)OC(=O)N1CCN(c2ccc3nccc(C(=O)O)c3c2)CC1. The first-order valence-corrected chi connectivity index (χ1v) is 8.59. The molecule has 1 fully saturated rings. The van der Waals surface area contributed by atoms with E-state index in [0.717, 1.165) is 5.69 Å². The number of pyridine rings is 1. The molecule has 1 amide bonds. The van der Waals surface area contributed by atoms with Crippen LogP contribution in [0.4, 0.5) is 10.5 Å². The first-order chi connectivity index (χ1) is 12.2. The van der Waals surface area contributed by atoms with Crippen molar-refractivity contribution >= 4 is 28.7 Å². The zero-order valence-electron chi connectivity index (χ0n) is 15.2. The van der Waals surface area contributed by atoms with Gasteiger partial charge in [0.1, 0.15) is 5.60 Å². The molecule has 1 N–H and O–H groups in total. The van der Waals surface area contributed by atoms with Crippen LogP contribution in [0.5, 0.6) is 0 Å². The van der Waals surface area contributed by atoms with Crippen molar-refractivity contribution in [2.24, 2.45) is 0 Å². The van der Waals surface area contributed by atoms with Crippen LogP contribution in [-0.4, -0.2) is 58.8 Å². The number of aromatic carboxylic acids is 1. The Morgan fingerprint density at radius 1 is 1.12 bits per heavy atom. The summed E-state index contributed by atoms with van der Waals surface area (Å²) in [4.78, 5) is 31.7. The van der Waals surface area contributed by atoms with E-state index < -0.39 is 11.6 Å². The van der Waals surface area contributed by atoms with Crippen molar-refractivity contribution < 1.29 is 19.4 Å². The molecule has 7 heteroatoms. The van der Waals surface area contributed by atoms with E-state index in [1.54, 1.807) is 4.90 Å². The molecule has 0 radical (unpaired) electrons. The van der Waals surface area contributed by atoms with Gasteiger partial charge in [0.15, 0.2) is 0 Å². The van der Waals surface area contributed by atoms with Gasteiger partial charge in [0.25, 0.3) is 0 Å². The number of rotatable bonds is 2. The van der Waals surface area contributed by atoms with Gasteiger partial charge >= 0.3 is 12.1 Å². The maximum atomic E-state index is 12.2. The number of carboxylic acid groups (broad SMARTS) is 1. The van der Waals surface area contributed by atoms with Crippen LogP contribution in [0.3, 0.4) is 0 Å². The minimum atomic E-state index is -0.968. The molecule has 2 heterocycles. The Hall–Kier alpha value is -2.83. The molecule has 7 nitrogen and oxygen atoms in total. The number of piperazine rings is 1. The van der Waals surface area contributed by atoms with Crippen molar-refractivity contribution in [2.75, 3.05) is 31.1 Å². The molecule has 138 valence electrons. The second-order valence-corrected chi connectivity index (χ2v) is 7.32. The molecule has 0 atom stereocenters. The molecule has 1 aromatic carbocycles. The molecule has 0 saturated carbocycles. The maximum absolute atomic E-state index is 12.2. The van der Waals surface area contributed by atoms with Gasteiger partial charge in [-0.15, -0.1) is 0 Å². The van der Waals surface area contributed by atoms with Crippen molar-refractivity contribution in [1.29, 1.82) is 0 Å². The number of ether oxygens (including phenoxy) is 1. The monoisotopic (exact) mass is 357 g/mol. The molecule has 26 heavy (non-hydrogen) atoms.